The molecule has 1 aliphatic rings. The first kappa shape index (κ1) is 10.9. The van der Waals surface area contributed by atoms with Crippen molar-refractivity contribution >= 4 is 17.6 Å². The van der Waals surface area contributed by atoms with E-state index in [0.29, 0.717) is 11.1 Å². The van der Waals surface area contributed by atoms with E-state index in [1.54, 1.807) is 30.3 Å². The number of carbonyl (C=O) groups is 2. The van der Waals surface area contributed by atoms with Crippen LogP contribution < -0.4 is 5.32 Å². The number of rotatable bonds is 1. The molecule has 1 N–H and O–H groups in total. The summed E-state index contributed by atoms with van der Waals surface area (Å²) in [6.07, 6.45) is 0. The van der Waals surface area contributed by atoms with Crippen LogP contribution in [0.25, 0.3) is 5.70 Å². The van der Waals surface area contributed by atoms with Crippen LogP contribution in [-0.2, 0) is 9.53 Å². The number of hydrogen-bond acceptors (Lipinski definition) is 4. The summed E-state index contributed by atoms with van der Waals surface area (Å²) in [4.78, 5) is 23.0. The second kappa shape index (κ2) is 4.10. The average molecular weight is 228 g/mol. The molecule has 0 aromatic heterocycles. The molecule has 84 valence electrons. The normalized spacial score (nSPS) is 15.6. The lowest BCUT2D eigenvalue weighted by Crippen LogP contribution is -2.16. The van der Waals surface area contributed by atoms with Gasteiger partial charge in [-0.3, -0.25) is 4.79 Å². The summed E-state index contributed by atoms with van der Waals surface area (Å²) in [5.74, 6) is -1.09. The summed E-state index contributed by atoms with van der Waals surface area (Å²) in [6.45, 7) is 0. The maximum Gasteiger partial charge on any atom is 0.350 e. The maximum atomic E-state index is 11.6. The monoisotopic (exact) mass is 228 g/mol. The largest absolute Gasteiger partial charge is 0.465 e. The molecule has 0 bridgehead atoms. The Bertz CT molecular complexity index is 582. The number of nitriles is 1. The van der Waals surface area contributed by atoms with Gasteiger partial charge in [0.15, 0.2) is 5.57 Å². The highest BCUT2D eigenvalue weighted by atomic mass is 16.5. The highest BCUT2D eigenvalue weighted by molar-refractivity contribution is 6.14. The Morgan fingerprint density at radius 2 is 2.00 bits per heavy atom. The number of amides is 1. The molecule has 0 spiro atoms. The molecule has 0 aliphatic carbocycles. The second-order valence-corrected chi connectivity index (χ2v) is 3.35. The fraction of sp³-hybridized carbons (Fsp3) is 0.0833. The van der Waals surface area contributed by atoms with Gasteiger partial charge in [0.1, 0.15) is 6.07 Å². The Kier molecular flexibility index (Phi) is 2.63. The summed E-state index contributed by atoms with van der Waals surface area (Å²) in [5, 5.41) is 11.4. The number of esters is 1. The molecule has 1 heterocycles. The molecule has 1 aliphatic heterocycles. The Morgan fingerprint density at radius 1 is 1.35 bits per heavy atom. The zero-order valence-corrected chi connectivity index (χ0v) is 8.98. The summed E-state index contributed by atoms with van der Waals surface area (Å²) >= 11 is 0. The molecule has 1 aromatic rings. The van der Waals surface area contributed by atoms with E-state index in [1.165, 1.54) is 7.11 Å². The predicted octanol–water partition coefficient (Wildman–Crippen LogP) is 0.838. The zero-order valence-electron chi connectivity index (χ0n) is 8.98. The first-order valence-electron chi connectivity index (χ1n) is 4.82. The van der Waals surface area contributed by atoms with Crippen LogP contribution in [0, 0.1) is 11.3 Å². The van der Waals surface area contributed by atoms with E-state index in [1.807, 2.05) is 0 Å². The minimum absolute atomic E-state index is 0.203. The molecule has 1 amide bonds. The van der Waals surface area contributed by atoms with Crippen molar-refractivity contribution in [3.05, 3.63) is 41.0 Å². The third kappa shape index (κ3) is 1.66. The number of carbonyl (C=O) groups excluding carboxylic acids is 2. The summed E-state index contributed by atoms with van der Waals surface area (Å²) in [6, 6.07) is 8.49. The van der Waals surface area contributed by atoms with Crippen LogP contribution >= 0.6 is 0 Å². The van der Waals surface area contributed by atoms with E-state index >= 15 is 0 Å². The third-order valence-electron chi connectivity index (χ3n) is 2.43. The van der Waals surface area contributed by atoms with Gasteiger partial charge in [0.2, 0.25) is 0 Å². The van der Waals surface area contributed by atoms with Gasteiger partial charge < -0.3 is 10.1 Å². The van der Waals surface area contributed by atoms with E-state index in [0.717, 1.165) is 0 Å². The number of hydrogen-bond donors (Lipinski definition) is 1. The SMILES string of the molecule is COC(=O)C(C#N)=C1NC(=O)c2ccccc21. The van der Waals surface area contributed by atoms with Crippen molar-refractivity contribution in [1.82, 2.24) is 5.32 Å². The molecule has 2 rings (SSSR count). The van der Waals surface area contributed by atoms with Gasteiger partial charge in [0.25, 0.3) is 5.91 Å². The minimum atomic E-state index is -0.764. The fourth-order valence-corrected chi connectivity index (χ4v) is 1.65. The van der Waals surface area contributed by atoms with Crippen LogP contribution in [0.3, 0.4) is 0 Å². The maximum absolute atomic E-state index is 11.6. The number of benzene rings is 1. The Balaban J connectivity index is 2.64. The highest BCUT2D eigenvalue weighted by Gasteiger charge is 2.28. The fourth-order valence-electron chi connectivity index (χ4n) is 1.65. The van der Waals surface area contributed by atoms with Gasteiger partial charge in [0.05, 0.1) is 12.8 Å². The van der Waals surface area contributed by atoms with Crippen molar-refractivity contribution in [2.24, 2.45) is 0 Å². The number of ether oxygens (including phenoxy) is 1. The van der Waals surface area contributed by atoms with E-state index in [-0.39, 0.29) is 17.2 Å². The lowest BCUT2D eigenvalue weighted by atomic mass is 10.1. The molecule has 5 heteroatoms. The molecule has 0 saturated heterocycles. The van der Waals surface area contributed by atoms with Crippen LogP contribution in [-0.4, -0.2) is 19.0 Å². The van der Waals surface area contributed by atoms with Gasteiger partial charge in [-0.05, 0) is 6.07 Å². The van der Waals surface area contributed by atoms with Crippen LogP contribution in [0.1, 0.15) is 15.9 Å². The first-order chi connectivity index (χ1) is 8.19. The van der Waals surface area contributed by atoms with Gasteiger partial charge in [-0.2, -0.15) is 5.26 Å². The van der Waals surface area contributed by atoms with Gasteiger partial charge in [-0.25, -0.2) is 4.79 Å². The van der Waals surface area contributed by atoms with Crippen LogP contribution in [0.5, 0.6) is 0 Å². The van der Waals surface area contributed by atoms with E-state index in [9.17, 15) is 9.59 Å². The molecular weight excluding hydrogens is 220 g/mol. The van der Waals surface area contributed by atoms with E-state index < -0.39 is 5.97 Å². The Labute approximate surface area is 97.3 Å². The molecule has 5 nitrogen and oxygen atoms in total. The Hall–Kier alpha value is -2.61. The molecular formula is C12H8N2O3. The topological polar surface area (TPSA) is 79.2 Å². The number of nitrogens with one attached hydrogen (secondary N) is 1. The molecule has 0 saturated carbocycles. The number of methoxy groups -OCH3 is 1. The lowest BCUT2D eigenvalue weighted by Gasteiger charge is -2.02. The summed E-state index contributed by atoms with van der Waals surface area (Å²) in [7, 11) is 1.18. The quantitative estimate of drug-likeness (QED) is 0.439. The van der Waals surface area contributed by atoms with Crippen molar-refractivity contribution in [1.29, 1.82) is 5.26 Å². The van der Waals surface area contributed by atoms with Crippen molar-refractivity contribution < 1.29 is 14.3 Å². The average Bonchev–Trinajstić information content (AvgIpc) is 2.68. The molecule has 17 heavy (non-hydrogen) atoms. The van der Waals surface area contributed by atoms with E-state index in [2.05, 4.69) is 10.1 Å². The van der Waals surface area contributed by atoms with Gasteiger partial charge in [0, 0.05) is 11.1 Å². The first-order valence-corrected chi connectivity index (χ1v) is 4.82. The molecule has 0 fully saturated rings. The summed E-state index contributed by atoms with van der Waals surface area (Å²) in [5.41, 5.74) is 0.990. The molecule has 0 atom stereocenters. The van der Waals surface area contributed by atoms with Crippen LogP contribution in [0.2, 0.25) is 0 Å². The molecule has 0 radical (unpaired) electrons. The smallest absolute Gasteiger partial charge is 0.350 e. The molecule has 0 unspecified atom stereocenters. The summed E-state index contributed by atoms with van der Waals surface area (Å²) < 4.78 is 4.50. The van der Waals surface area contributed by atoms with Crippen molar-refractivity contribution in [3.8, 4) is 6.07 Å². The third-order valence-corrected chi connectivity index (χ3v) is 2.43. The second-order valence-electron chi connectivity index (χ2n) is 3.35. The van der Waals surface area contributed by atoms with Crippen molar-refractivity contribution in [2.75, 3.05) is 7.11 Å². The minimum Gasteiger partial charge on any atom is -0.465 e. The van der Waals surface area contributed by atoms with Crippen LogP contribution in [0.15, 0.2) is 29.8 Å². The standard InChI is InChI=1S/C12H8N2O3/c1-17-12(16)9(6-13)10-7-4-2-3-5-8(7)11(15)14-10/h2-5H,1H3,(H,14,15). The number of fused-ring (bicyclic) bond motifs is 1. The lowest BCUT2D eigenvalue weighted by molar-refractivity contribution is -0.135. The zero-order chi connectivity index (χ0) is 12.4. The predicted molar refractivity (Wildman–Crippen MR) is 58.5 cm³/mol. The van der Waals surface area contributed by atoms with Crippen molar-refractivity contribution in [3.63, 3.8) is 0 Å². The van der Waals surface area contributed by atoms with Crippen LogP contribution in [0.4, 0.5) is 0 Å². The number of nitrogens with zero attached hydrogens (tertiary/aromatic N) is 1. The molecule has 1 aromatic carbocycles. The Morgan fingerprint density at radius 3 is 2.59 bits per heavy atom. The van der Waals surface area contributed by atoms with Crippen molar-refractivity contribution in [2.45, 2.75) is 0 Å². The van der Waals surface area contributed by atoms with E-state index in [4.69, 9.17) is 5.26 Å². The van der Waals surface area contributed by atoms with Gasteiger partial charge in [-0.15, -0.1) is 0 Å². The van der Waals surface area contributed by atoms with Gasteiger partial charge >= 0.3 is 5.97 Å². The highest BCUT2D eigenvalue weighted by Crippen LogP contribution is 2.26. The van der Waals surface area contributed by atoms with Gasteiger partial charge in [-0.1, -0.05) is 18.2 Å².